The largest absolute Gasteiger partial charge is 0.454 e. The Morgan fingerprint density at radius 3 is 2.51 bits per heavy atom. The van der Waals surface area contributed by atoms with E-state index in [1.54, 1.807) is 19.2 Å². The molecular weight excluding hydrogens is 444 g/mol. The van der Waals surface area contributed by atoms with Gasteiger partial charge in [-0.05, 0) is 78.4 Å². The lowest BCUT2D eigenvalue weighted by Gasteiger charge is -2.17. The molecule has 7 nitrogen and oxygen atoms in total. The normalized spacial score (nSPS) is 14.9. The highest BCUT2D eigenvalue weighted by molar-refractivity contribution is 6.02. The van der Waals surface area contributed by atoms with Crippen LogP contribution in [0.3, 0.4) is 0 Å². The van der Waals surface area contributed by atoms with Crippen molar-refractivity contribution in [1.82, 2.24) is 5.32 Å². The summed E-state index contributed by atoms with van der Waals surface area (Å²) in [6, 6.07) is 19.1. The summed E-state index contributed by atoms with van der Waals surface area (Å²) in [6.45, 7) is 3.17. The van der Waals surface area contributed by atoms with Crippen molar-refractivity contribution < 1.29 is 26.7 Å². The number of hydrogen-bond acceptors (Lipinski definition) is 5. The monoisotopic (exact) mass is 476 g/mol. The van der Waals surface area contributed by atoms with E-state index in [0.29, 0.717) is 30.2 Å². The maximum atomic E-state index is 13.3. The van der Waals surface area contributed by atoms with Gasteiger partial charge in [-0.1, -0.05) is 24.3 Å². The zero-order valence-corrected chi connectivity index (χ0v) is 19.9. The van der Waals surface area contributed by atoms with Gasteiger partial charge in [0.2, 0.25) is 12.7 Å². The molecule has 0 unspecified atom stereocenters. The number of anilines is 1. The number of hydrogen-bond donors (Lipinski definition) is 2. The molecule has 7 heteroatoms. The average Bonchev–Trinajstić information content (AvgIpc) is 3.56. The van der Waals surface area contributed by atoms with Crippen LogP contribution in [0.15, 0.2) is 60.7 Å². The van der Waals surface area contributed by atoms with Crippen LogP contribution in [0.1, 0.15) is 37.2 Å². The van der Waals surface area contributed by atoms with Gasteiger partial charge in [-0.3, -0.25) is 9.59 Å². The number of aryl methyl sites for hydroxylation is 1. The Kier molecular flexibility index (Phi) is 6.17. The standard InChI is InChI=1S/C28H28N2O5.2H2/c1-18-3-9-22(16-23(18)19-4-6-20(7-5-19)26(31)29-13-14-33-2)30-27(32)28(11-12-28)21-8-10-24-25(15-21)35-17-34-24;;/h3-10,15-16H,11-14,17H2,1-2H3,(H,29,31)(H,30,32);2*1H. The van der Waals surface area contributed by atoms with Gasteiger partial charge < -0.3 is 24.8 Å². The molecule has 1 fully saturated rings. The van der Waals surface area contributed by atoms with Gasteiger partial charge >= 0.3 is 0 Å². The van der Waals surface area contributed by atoms with Crippen LogP contribution in [0, 0.1) is 6.92 Å². The number of rotatable bonds is 8. The Balaban J connectivity index is 0.00000190. The van der Waals surface area contributed by atoms with E-state index in [-0.39, 0.29) is 21.5 Å². The van der Waals surface area contributed by atoms with E-state index in [1.165, 1.54) is 0 Å². The minimum absolute atomic E-state index is 0. The molecule has 2 amide bonds. The van der Waals surface area contributed by atoms with E-state index in [9.17, 15) is 9.59 Å². The third-order valence-corrected chi connectivity index (χ3v) is 6.66. The van der Waals surface area contributed by atoms with Gasteiger partial charge in [-0.2, -0.15) is 0 Å². The fraction of sp³-hybridized carbons (Fsp3) is 0.286. The first kappa shape index (κ1) is 22.9. The smallest absolute Gasteiger partial charge is 0.251 e. The number of nitrogens with one attached hydrogen (secondary N) is 2. The van der Waals surface area contributed by atoms with Crippen molar-refractivity contribution in [3.05, 3.63) is 77.4 Å². The fourth-order valence-electron chi connectivity index (χ4n) is 4.40. The number of carbonyl (C=O) groups excluding carboxylic acids is 2. The highest BCUT2D eigenvalue weighted by Gasteiger charge is 2.51. The van der Waals surface area contributed by atoms with Crippen molar-refractivity contribution in [2.75, 3.05) is 32.4 Å². The molecule has 0 radical (unpaired) electrons. The number of benzene rings is 3. The van der Waals surface area contributed by atoms with E-state index in [2.05, 4.69) is 10.6 Å². The number of methoxy groups -OCH3 is 1. The summed E-state index contributed by atoms with van der Waals surface area (Å²) >= 11 is 0. The number of ether oxygens (including phenoxy) is 3. The van der Waals surface area contributed by atoms with E-state index in [0.717, 1.165) is 40.8 Å². The quantitative estimate of drug-likeness (QED) is 0.450. The Bertz CT molecular complexity index is 1280. The van der Waals surface area contributed by atoms with Crippen LogP contribution < -0.4 is 20.1 Å². The van der Waals surface area contributed by atoms with Crippen molar-refractivity contribution >= 4 is 17.5 Å². The van der Waals surface area contributed by atoms with Gasteiger partial charge in [0.1, 0.15) is 0 Å². The Labute approximate surface area is 207 Å². The Morgan fingerprint density at radius 2 is 1.77 bits per heavy atom. The molecule has 0 atom stereocenters. The van der Waals surface area contributed by atoms with Gasteiger partial charge in [-0.15, -0.1) is 0 Å². The predicted molar refractivity (Wildman–Crippen MR) is 137 cm³/mol. The zero-order chi connectivity index (χ0) is 24.4. The fourth-order valence-corrected chi connectivity index (χ4v) is 4.40. The molecule has 2 aliphatic rings. The summed E-state index contributed by atoms with van der Waals surface area (Å²) < 4.78 is 15.9. The molecule has 0 aromatic heterocycles. The van der Waals surface area contributed by atoms with E-state index < -0.39 is 5.41 Å². The van der Waals surface area contributed by atoms with Crippen molar-refractivity contribution in [3.63, 3.8) is 0 Å². The second-order valence-electron chi connectivity index (χ2n) is 8.96. The zero-order valence-electron chi connectivity index (χ0n) is 19.9. The van der Waals surface area contributed by atoms with Crippen molar-refractivity contribution in [2.45, 2.75) is 25.2 Å². The molecule has 3 aromatic rings. The van der Waals surface area contributed by atoms with Crippen LogP contribution >= 0.6 is 0 Å². The molecule has 0 saturated heterocycles. The van der Waals surface area contributed by atoms with Crippen LogP contribution in [0.25, 0.3) is 11.1 Å². The number of carbonyl (C=O) groups is 2. The van der Waals surface area contributed by atoms with Gasteiger partial charge in [0.25, 0.3) is 5.91 Å². The minimum atomic E-state index is -0.538. The molecule has 1 heterocycles. The lowest BCUT2D eigenvalue weighted by molar-refractivity contribution is -0.118. The van der Waals surface area contributed by atoms with Crippen LogP contribution in [0.5, 0.6) is 11.5 Å². The number of fused-ring (bicyclic) bond motifs is 1. The summed E-state index contributed by atoms with van der Waals surface area (Å²) in [7, 11) is 1.60. The maximum absolute atomic E-state index is 13.3. The molecule has 5 rings (SSSR count). The molecule has 35 heavy (non-hydrogen) atoms. The highest BCUT2D eigenvalue weighted by Crippen LogP contribution is 2.51. The van der Waals surface area contributed by atoms with E-state index in [4.69, 9.17) is 14.2 Å². The first-order valence-corrected chi connectivity index (χ1v) is 11.7. The van der Waals surface area contributed by atoms with Gasteiger partial charge in [0, 0.05) is 27.8 Å². The summed E-state index contributed by atoms with van der Waals surface area (Å²) in [6.07, 6.45) is 1.59. The molecular formula is C28H32N2O5. The van der Waals surface area contributed by atoms with Crippen LogP contribution in [-0.2, 0) is 14.9 Å². The molecule has 1 aliphatic heterocycles. The molecule has 2 N–H and O–H groups in total. The first-order chi connectivity index (χ1) is 17.0. The maximum Gasteiger partial charge on any atom is 0.251 e. The van der Waals surface area contributed by atoms with Crippen LogP contribution in [0.2, 0.25) is 0 Å². The lowest BCUT2D eigenvalue weighted by Crippen LogP contribution is -2.27. The predicted octanol–water partition coefficient (Wildman–Crippen LogP) is 4.93. The molecule has 1 aliphatic carbocycles. The van der Waals surface area contributed by atoms with E-state index in [1.807, 2.05) is 55.5 Å². The van der Waals surface area contributed by atoms with E-state index >= 15 is 0 Å². The summed E-state index contributed by atoms with van der Waals surface area (Å²) in [5.41, 5.74) is 4.80. The second kappa shape index (κ2) is 9.43. The minimum Gasteiger partial charge on any atom is -0.454 e. The second-order valence-corrected chi connectivity index (χ2v) is 8.96. The van der Waals surface area contributed by atoms with Crippen LogP contribution in [-0.4, -0.2) is 38.9 Å². The van der Waals surface area contributed by atoms with Crippen molar-refractivity contribution in [1.29, 1.82) is 0 Å². The number of amides is 2. The summed E-state index contributed by atoms with van der Waals surface area (Å²) in [4.78, 5) is 25.6. The Hall–Kier alpha value is -3.84. The molecule has 3 aromatic carbocycles. The van der Waals surface area contributed by atoms with Crippen molar-refractivity contribution in [3.8, 4) is 22.6 Å². The third kappa shape index (κ3) is 4.59. The SMILES string of the molecule is COCCNC(=O)c1ccc(-c2cc(NC(=O)C3(c4ccc5c(c4)OCO5)CC3)ccc2C)cc1.[HH].[HH]. The van der Waals surface area contributed by atoms with Gasteiger partial charge in [-0.25, -0.2) is 0 Å². The highest BCUT2D eigenvalue weighted by atomic mass is 16.7. The lowest BCUT2D eigenvalue weighted by atomic mass is 9.94. The van der Waals surface area contributed by atoms with Crippen molar-refractivity contribution in [2.24, 2.45) is 0 Å². The summed E-state index contributed by atoms with van der Waals surface area (Å²) in [5.74, 6) is 1.25. The molecule has 1 saturated carbocycles. The topological polar surface area (TPSA) is 85.9 Å². The van der Waals surface area contributed by atoms with Crippen LogP contribution in [0.4, 0.5) is 5.69 Å². The summed E-state index contributed by atoms with van der Waals surface area (Å²) in [5, 5.41) is 5.94. The first-order valence-electron chi connectivity index (χ1n) is 11.7. The molecule has 184 valence electrons. The van der Waals surface area contributed by atoms with Gasteiger partial charge in [0.05, 0.1) is 12.0 Å². The average molecular weight is 477 g/mol. The molecule has 0 bridgehead atoms. The molecule has 0 spiro atoms. The Morgan fingerprint density at radius 1 is 1.00 bits per heavy atom. The third-order valence-electron chi connectivity index (χ3n) is 6.66. The van der Waals surface area contributed by atoms with Gasteiger partial charge in [0.15, 0.2) is 11.5 Å².